The molecule has 0 aromatic heterocycles. The number of ketones is 1. The van der Waals surface area contributed by atoms with Crippen LogP contribution >= 0.6 is 11.6 Å². The van der Waals surface area contributed by atoms with E-state index in [1.54, 1.807) is 0 Å². The molecular weight excluding hydrogens is 323 g/mol. The second-order valence-corrected chi connectivity index (χ2v) is 7.40. The van der Waals surface area contributed by atoms with Crippen LogP contribution in [-0.2, 0) is 19.4 Å². The van der Waals surface area contributed by atoms with Crippen LogP contribution in [0.1, 0.15) is 19.3 Å². The molecule has 1 aromatic rings. The van der Waals surface area contributed by atoms with E-state index in [0.717, 1.165) is 12.1 Å². The van der Waals surface area contributed by atoms with Gasteiger partial charge in [-0.2, -0.15) is 0 Å². The number of hydrogen-bond donors (Lipinski definition) is 1. The number of benzene rings is 1. The van der Waals surface area contributed by atoms with Crippen LogP contribution in [-0.4, -0.2) is 30.3 Å². The van der Waals surface area contributed by atoms with Gasteiger partial charge in [-0.15, -0.1) is 0 Å². The maximum atomic E-state index is 15.0. The lowest BCUT2D eigenvalue weighted by Gasteiger charge is -2.26. The molecule has 1 aliphatic carbocycles. The lowest BCUT2D eigenvalue weighted by atomic mass is 10.0. The Balaban J connectivity index is 2.56. The number of hydrogen-bond acceptors (Lipinski definition) is 4. The summed E-state index contributed by atoms with van der Waals surface area (Å²) in [7, 11) is -4.83. The molecule has 1 aromatic carbocycles. The molecule has 0 aliphatic heterocycles. The Bertz CT molecular complexity index is 702. The van der Waals surface area contributed by atoms with Gasteiger partial charge in [-0.25, -0.2) is 17.6 Å². The highest BCUT2D eigenvalue weighted by molar-refractivity contribution is 7.93. The van der Waals surface area contributed by atoms with Crippen molar-refractivity contribution >= 4 is 33.2 Å². The standard InChI is InChI=1S/C13H12ClFO5S/c14-9-2-1-3-11(7-9)21(19,20)13(15,12(17)18)8-4-5-10(16)6-8/h1-3,7-8H,4-6H2,(H,17,18). The van der Waals surface area contributed by atoms with Gasteiger partial charge in [0.25, 0.3) is 0 Å². The number of carboxylic acid groups (broad SMARTS) is 1. The number of alkyl halides is 1. The number of halogens is 2. The van der Waals surface area contributed by atoms with Gasteiger partial charge in [0, 0.05) is 23.8 Å². The fourth-order valence-electron chi connectivity index (χ4n) is 2.45. The van der Waals surface area contributed by atoms with Gasteiger partial charge in [-0.1, -0.05) is 17.7 Å². The number of rotatable bonds is 4. The molecule has 0 radical (unpaired) electrons. The van der Waals surface area contributed by atoms with Crippen LogP contribution in [0.5, 0.6) is 0 Å². The zero-order chi connectivity index (χ0) is 15.8. The van der Waals surface area contributed by atoms with E-state index in [1.165, 1.54) is 12.1 Å². The Kier molecular flexibility index (Phi) is 4.08. The normalized spacial score (nSPS) is 22.0. The molecule has 0 bridgehead atoms. The third-order valence-corrected chi connectivity index (χ3v) is 5.96. The summed E-state index contributed by atoms with van der Waals surface area (Å²) >= 11 is 5.67. The lowest BCUT2D eigenvalue weighted by molar-refractivity contribution is -0.147. The maximum absolute atomic E-state index is 15.0. The fourth-order valence-corrected chi connectivity index (χ4v) is 4.45. The Morgan fingerprint density at radius 2 is 2.10 bits per heavy atom. The van der Waals surface area contributed by atoms with Gasteiger partial charge in [-0.05, 0) is 24.6 Å². The van der Waals surface area contributed by atoms with Crippen LogP contribution in [0.25, 0.3) is 0 Å². The largest absolute Gasteiger partial charge is 0.478 e. The second kappa shape index (κ2) is 5.38. The monoisotopic (exact) mass is 334 g/mol. The molecule has 1 fully saturated rings. The van der Waals surface area contributed by atoms with Crippen molar-refractivity contribution in [2.45, 2.75) is 29.2 Å². The van der Waals surface area contributed by atoms with Crippen LogP contribution < -0.4 is 0 Å². The zero-order valence-corrected chi connectivity index (χ0v) is 12.3. The smallest absolute Gasteiger partial charge is 0.358 e. The van der Waals surface area contributed by atoms with Crippen molar-refractivity contribution in [3.8, 4) is 0 Å². The van der Waals surface area contributed by atoms with E-state index in [1.807, 2.05) is 0 Å². The van der Waals surface area contributed by atoms with E-state index < -0.39 is 38.0 Å². The molecule has 2 rings (SSSR count). The number of carbonyl (C=O) groups excluding carboxylic acids is 1. The van der Waals surface area contributed by atoms with Crippen LogP contribution in [0.4, 0.5) is 4.39 Å². The Hall–Kier alpha value is -1.47. The molecular formula is C13H12ClFO5S. The van der Waals surface area contributed by atoms with Gasteiger partial charge >= 0.3 is 11.0 Å². The molecule has 0 spiro atoms. The van der Waals surface area contributed by atoms with Gasteiger partial charge in [0.15, 0.2) is 0 Å². The van der Waals surface area contributed by atoms with Crippen LogP contribution in [0, 0.1) is 5.92 Å². The zero-order valence-electron chi connectivity index (χ0n) is 10.8. The molecule has 0 heterocycles. The van der Waals surface area contributed by atoms with Gasteiger partial charge in [0.05, 0.1) is 4.90 Å². The molecule has 8 heteroatoms. The molecule has 5 nitrogen and oxygen atoms in total. The predicted octanol–water partition coefficient (Wildman–Crippen LogP) is 2.23. The van der Waals surface area contributed by atoms with Gasteiger partial charge in [0.1, 0.15) is 5.78 Å². The van der Waals surface area contributed by atoms with E-state index >= 15 is 4.39 Å². The average Bonchev–Trinajstić information content (AvgIpc) is 2.84. The topological polar surface area (TPSA) is 88.5 Å². The molecule has 1 aliphatic rings. The number of sulfone groups is 1. The Labute approximate surface area is 125 Å². The molecule has 2 unspecified atom stereocenters. The van der Waals surface area contributed by atoms with Gasteiger partial charge in [-0.3, -0.25) is 4.79 Å². The van der Waals surface area contributed by atoms with E-state index in [2.05, 4.69) is 0 Å². The van der Waals surface area contributed by atoms with Crippen LogP contribution in [0.3, 0.4) is 0 Å². The summed E-state index contributed by atoms with van der Waals surface area (Å²) in [5.74, 6) is -3.85. The molecule has 0 amide bonds. The number of carboxylic acids is 1. The summed E-state index contributed by atoms with van der Waals surface area (Å²) in [6.45, 7) is 0. The highest BCUT2D eigenvalue weighted by Gasteiger charge is 2.60. The quantitative estimate of drug-likeness (QED) is 0.912. The van der Waals surface area contributed by atoms with Crippen molar-refractivity contribution in [1.82, 2.24) is 0 Å². The first-order chi connectivity index (χ1) is 9.69. The average molecular weight is 335 g/mol. The predicted molar refractivity (Wildman–Crippen MR) is 72.5 cm³/mol. The molecule has 1 saturated carbocycles. The fraction of sp³-hybridized carbons (Fsp3) is 0.385. The van der Waals surface area contributed by atoms with Gasteiger partial charge < -0.3 is 5.11 Å². The SMILES string of the molecule is O=C1CCC(C(F)(C(=O)O)S(=O)(=O)c2cccc(Cl)c2)C1. The summed E-state index contributed by atoms with van der Waals surface area (Å²) < 4.78 is 39.8. The van der Waals surface area contributed by atoms with Crippen molar-refractivity contribution in [3.05, 3.63) is 29.3 Å². The minimum atomic E-state index is -4.83. The lowest BCUT2D eigenvalue weighted by Crippen LogP contribution is -2.48. The third-order valence-electron chi connectivity index (χ3n) is 3.56. The van der Waals surface area contributed by atoms with Crippen molar-refractivity contribution in [3.63, 3.8) is 0 Å². The summed E-state index contributed by atoms with van der Waals surface area (Å²) in [6, 6.07) is 4.75. The van der Waals surface area contributed by atoms with Crippen molar-refractivity contribution in [1.29, 1.82) is 0 Å². The first-order valence-corrected chi connectivity index (χ1v) is 8.00. The Morgan fingerprint density at radius 1 is 1.43 bits per heavy atom. The number of Topliss-reactive ketones (excluding diaryl/α,β-unsaturated/α-hetero) is 1. The number of carbonyl (C=O) groups is 2. The Morgan fingerprint density at radius 3 is 2.57 bits per heavy atom. The molecule has 2 atom stereocenters. The number of aliphatic carboxylic acids is 1. The van der Waals surface area contributed by atoms with E-state index in [-0.39, 0.29) is 23.6 Å². The van der Waals surface area contributed by atoms with E-state index in [4.69, 9.17) is 16.7 Å². The first-order valence-electron chi connectivity index (χ1n) is 6.14. The minimum Gasteiger partial charge on any atom is -0.478 e. The summed E-state index contributed by atoms with van der Waals surface area (Å²) in [6.07, 6.45) is -0.529. The summed E-state index contributed by atoms with van der Waals surface area (Å²) in [5, 5.41) is 5.66. The molecule has 114 valence electrons. The van der Waals surface area contributed by atoms with Crippen molar-refractivity contribution in [2.24, 2.45) is 5.92 Å². The van der Waals surface area contributed by atoms with Crippen LogP contribution in [0.15, 0.2) is 29.2 Å². The van der Waals surface area contributed by atoms with E-state index in [0.29, 0.717) is 0 Å². The van der Waals surface area contributed by atoms with E-state index in [9.17, 15) is 18.0 Å². The summed E-state index contributed by atoms with van der Waals surface area (Å²) in [4.78, 5) is 22.1. The minimum absolute atomic E-state index is 0.0192. The molecule has 0 saturated heterocycles. The highest BCUT2D eigenvalue weighted by atomic mass is 35.5. The van der Waals surface area contributed by atoms with Crippen molar-refractivity contribution in [2.75, 3.05) is 0 Å². The van der Waals surface area contributed by atoms with Crippen LogP contribution in [0.2, 0.25) is 5.02 Å². The van der Waals surface area contributed by atoms with Crippen molar-refractivity contribution < 1.29 is 27.5 Å². The molecule has 21 heavy (non-hydrogen) atoms. The first kappa shape index (κ1) is 15.9. The third kappa shape index (κ3) is 2.55. The highest BCUT2D eigenvalue weighted by Crippen LogP contribution is 2.42. The summed E-state index contributed by atoms with van der Waals surface area (Å²) in [5.41, 5.74) is 0. The maximum Gasteiger partial charge on any atom is 0.358 e. The molecule has 1 N–H and O–H groups in total. The second-order valence-electron chi connectivity index (χ2n) is 4.89. The van der Waals surface area contributed by atoms with Gasteiger partial charge in [0.2, 0.25) is 9.84 Å².